The molecule has 1 aliphatic heterocycles. The molecule has 0 N–H and O–H groups in total. The maximum absolute atomic E-state index is 12.8. The first-order valence-corrected chi connectivity index (χ1v) is 13.2. The molecule has 3 aromatic rings. The van der Waals surface area contributed by atoms with Crippen molar-refractivity contribution in [3.63, 3.8) is 0 Å². The summed E-state index contributed by atoms with van der Waals surface area (Å²) in [4.78, 5) is 26.9. The fraction of sp³-hybridized carbons (Fsp3) is 0.360. The number of benzene rings is 2. The molecule has 2 heterocycles. The molecule has 0 aliphatic carbocycles. The summed E-state index contributed by atoms with van der Waals surface area (Å²) in [6, 6.07) is 13.8. The van der Waals surface area contributed by atoms with E-state index in [2.05, 4.69) is 10.2 Å². The van der Waals surface area contributed by atoms with Gasteiger partial charge in [0.15, 0.2) is 15.9 Å². The van der Waals surface area contributed by atoms with Crippen LogP contribution in [0.3, 0.4) is 0 Å². The Balaban J connectivity index is 1.40. The van der Waals surface area contributed by atoms with Gasteiger partial charge in [0, 0.05) is 23.7 Å². The molecule has 1 saturated heterocycles. The third kappa shape index (κ3) is 5.59. The Labute approximate surface area is 204 Å². The molecule has 0 radical (unpaired) electrons. The molecule has 9 nitrogen and oxygen atoms in total. The molecule has 184 valence electrons. The number of rotatable bonds is 7. The van der Waals surface area contributed by atoms with E-state index in [1.807, 2.05) is 31.2 Å². The van der Waals surface area contributed by atoms with Crippen LogP contribution in [0, 0.1) is 6.92 Å². The van der Waals surface area contributed by atoms with Gasteiger partial charge in [-0.3, -0.25) is 4.79 Å². The summed E-state index contributed by atoms with van der Waals surface area (Å²) in [5.74, 6) is -0.349. The Kier molecular flexibility index (Phi) is 7.02. The van der Waals surface area contributed by atoms with Crippen molar-refractivity contribution in [1.29, 1.82) is 0 Å². The minimum absolute atomic E-state index is 0.0595. The quantitative estimate of drug-likeness (QED) is 0.456. The molecule has 2 unspecified atom stereocenters. The van der Waals surface area contributed by atoms with E-state index in [9.17, 15) is 18.0 Å². The number of nitrogens with zero attached hydrogens (tertiary/aromatic N) is 3. The van der Waals surface area contributed by atoms with Crippen LogP contribution in [-0.4, -0.2) is 65.6 Å². The molecule has 1 aliphatic rings. The van der Waals surface area contributed by atoms with Crippen molar-refractivity contribution < 1.29 is 27.2 Å². The minimum atomic E-state index is -3.14. The number of esters is 1. The lowest BCUT2D eigenvalue weighted by Gasteiger charge is -2.29. The predicted molar refractivity (Wildman–Crippen MR) is 129 cm³/mol. The largest absolute Gasteiger partial charge is 0.449 e. The van der Waals surface area contributed by atoms with E-state index in [-0.39, 0.29) is 17.1 Å². The van der Waals surface area contributed by atoms with Crippen molar-refractivity contribution in [3.05, 3.63) is 59.7 Å². The monoisotopic (exact) mass is 497 g/mol. The van der Waals surface area contributed by atoms with Crippen LogP contribution in [0.2, 0.25) is 0 Å². The lowest BCUT2D eigenvalue weighted by atomic mass is 10.1. The van der Waals surface area contributed by atoms with Gasteiger partial charge >= 0.3 is 5.97 Å². The van der Waals surface area contributed by atoms with E-state index in [0.29, 0.717) is 30.3 Å². The molecule has 10 heteroatoms. The van der Waals surface area contributed by atoms with Gasteiger partial charge < -0.3 is 14.1 Å². The molecule has 0 saturated carbocycles. The van der Waals surface area contributed by atoms with Crippen molar-refractivity contribution in [3.8, 4) is 22.9 Å². The molecule has 2 atom stereocenters. The summed E-state index contributed by atoms with van der Waals surface area (Å²) < 4.78 is 34.7. The van der Waals surface area contributed by atoms with Crippen LogP contribution < -0.4 is 0 Å². The van der Waals surface area contributed by atoms with Gasteiger partial charge in [-0.25, -0.2) is 13.2 Å². The number of hydrogen-bond donors (Lipinski definition) is 0. The summed E-state index contributed by atoms with van der Waals surface area (Å²) in [5.41, 5.74) is 2.83. The van der Waals surface area contributed by atoms with E-state index >= 15 is 0 Å². The van der Waals surface area contributed by atoms with Gasteiger partial charge in [-0.1, -0.05) is 17.7 Å². The van der Waals surface area contributed by atoms with Gasteiger partial charge in [0.25, 0.3) is 5.91 Å². The smallest absolute Gasteiger partial charge is 0.338 e. The Hall–Kier alpha value is -3.53. The molecule has 1 amide bonds. The molecule has 1 fully saturated rings. The van der Waals surface area contributed by atoms with Crippen LogP contribution in [0.4, 0.5) is 0 Å². The number of carbonyl (C=O) groups is 2. The number of amides is 1. The number of ether oxygens (including phenoxy) is 1. The first-order valence-electron chi connectivity index (χ1n) is 11.4. The van der Waals surface area contributed by atoms with Crippen molar-refractivity contribution in [2.45, 2.75) is 39.3 Å². The van der Waals surface area contributed by atoms with Crippen molar-refractivity contribution in [2.24, 2.45) is 0 Å². The van der Waals surface area contributed by atoms with Crippen molar-refractivity contribution in [1.82, 2.24) is 15.1 Å². The SMILES string of the molecule is CCN(C(=O)C(C)OC(=O)c1ccc(-c2nnc(-c3ccc(C)cc3)o2)cc1)C1CCS(=O)(=O)C1. The number of sulfone groups is 1. The van der Waals surface area contributed by atoms with Gasteiger partial charge in [0.2, 0.25) is 11.8 Å². The van der Waals surface area contributed by atoms with Crippen molar-refractivity contribution >= 4 is 21.7 Å². The highest BCUT2D eigenvalue weighted by Gasteiger charge is 2.36. The topological polar surface area (TPSA) is 120 Å². The van der Waals surface area contributed by atoms with Crippen molar-refractivity contribution in [2.75, 3.05) is 18.1 Å². The molecule has 35 heavy (non-hydrogen) atoms. The summed E-state index contributed by atoms with van der Waals surface area (Å²) in [6.07, 6.45) is -0.649. The molecular formula is C25H27N3O6S. The lowest BCUT2D eigenvalue weighted by Crippen LogP contribution is -2.46. The van der Waals surface area contributed by atoms with E-state index in [0.717, 1.165) is 11.1 Å². The first kappa shape index (κ1) is 24.6. The zero-order chi connectivity index (χ0) is 25.2. The zero-order valence-corrected chi connectivity index (χ0v) is 20.6. The standard InChI is InChI=1S/C25H27N3O6S/c1-4-28(21-13-14-35(31,32)15-21)24(29)17(3)33-25(30)20-11-9-19(10-12-20)23-27-26-22(34-23)18-7-5-16(2)6-8-18/h5-12,17,21H,4,13-15H2,1-3H3. The van der Waals surface area contributed by atoms with E-state index in [1.165, 1.54) is 11.8 Å². The Morgan fingerprint density at radius 3 is 2.14 bits per heavy atom. The van der Waals surface area contributed by atoms with Gasteiger partial charge in [-0.15, -0.1) is 10.2 Å². The fourth-order valence-corrected chi connectivity index (χ4v) is 5.76. The summed E-state index contributed by atoms with van der Waals surface area (Å²) in [7, 11) is -3.14. The maximum Gasteiger partial charge on any atom is 0.338 e. The second kappa shape index (κ2) is 9.99. The summed E-state index contributed by atoms with van der Waals surface area (Å²) in [6.45, 7) is 5.60. The highest BCUT2D eigenvalue weighted by atomic mass is 32.2. The lowest BCUT2D eigenvalue weighted by molar-refractivity contribution is -0.141. The fourth-order valence-electron chi connectivity index (χ4n) is 4.03. The van der Waals surface area contributed by atoms with Crippen LogP contribution in [0.15, 0.2) is 52.9 Å². The first-order chi connectivity index (χ1) is 16.7. The molecule has 2 aromatic carbocycles. The third-order valence-electron chi connectivity index (χ3n) is 6.00. The highest BCUT2D eigenvalue weighted by Crippen LogP contribution is 2.25. The maximum atomic E-state index is 12.8. The minimum Gasteiger partial charge on any atom is -0.449 e. The van der Waals surface area contributed by atoms with Gasteiger partial charge in [-0.05, 0) is 63.6 Å². The van der Waals surface area contributed by atoms with Gasteiger partial charge in [-0.2, -0.15) is 0 Å². The molecule has 0 bridgehead atoms. The third-order valence-corrected chi connectivity index (χ3v) is 7.75. The Morgan fingerprint density at radius 1 is 1.06 bits per heavy atom. The normalized spacial score (nSPS) is 17.6. The second-order valence-corrected chi connectivity index (χ2v) is 10.8. The van der Waals surface area contributed by atoms with Gasteiger partial charge in [0.05, 0.1) is 17.1 Å². The highest BCUT2D eigenvalue weighted by molar-refractivity contribution is 7.91. The average Bonchev–Trinajstić information content (AvgIpc) is 3.47. The van der Waals surface area contributed by atoms with Crippen LogP contribution in [0.1, 0.15) is 36.2 Å². The van der Waals surface area contributed by atoms with E-state index in [1.54, 1.807) is 31.2 Å². The molecule has 1 aromatic heterocycles. The zero-order valence-electron chi connectivity index (χ0n) is 19.8. The summed E-state index contributed by atoms with van der Waals surface area (Å²) >= 11 is 0. The van der Waals surface area contributed by atoms with Crippen LogP contribution >= 0.6 is 0 Å². The van der Waals surface area contributed by atoms with Crippen LogP contribution in [0.25, 0.3) is 22.9 Å². The summed E-state index contributed by atoms with van der Waals surface area (Å²) in [5, 5.41) is 8.17. The molecule has 4 rings (SSSR count). The molecule has 0 spiro atoms. The van der Waals surface area contributed by atoms with E-state index < -0.39 is 33.9 Å². The predicted octanol–water partition coefficient (Wildman–Crippen LogP) is 3.29. The number of hydrogen-bond acceptors (Lipinski definition) is 8. The second-order valence-electron chi connectivity index (χ2n) is 8.58. The van der Waals surface area contributed by atoms with Crippen LogP contribution in [-0.2, 0) is 19.4 Å². The molecular weight excluding hydrogens is 470 g/mol. The number of aryl methyl sites for hydroxylation is 1. The number of aromatic nitrogens is 2. The average molecular weight is 498 g/mol. The number of likely N-dealkylation sites (N-methyl/N-ethyl adjacent to an activating group) is 1. The number of carbonyl (C=O) groups excluding carboxylic acids is 2. The Bertz CT molecular complexity index is 1320. The van der Waals surface area contributed by atoms with Crippen LogP contribution in [0.5, 0.6) is 0 Å². The Morgan fingerprint density at radius 2 is 1.63 bits per heavy atom. The van der Waals surface area contributed by atoms with Gasteiger partial charge in [0.1, 0.15) is 0 Å². The van der Waals surface area contributed by atoms with E-state index in [4.69, 9.17) is 9.15 Å².